The maximum Gasteiger partial charge on any atom is 0.241 e. The highest BCUT2D eigenvalue weighted by molar-refractivity contribution is 7.10. The average molecular weight is 307 g/mol. The third-order valence-corrected chi connectivity index (χ3v) is 5.39. The van der Waals surface area contributed by atoms with Gasteiger partial charge in [0.1, 0.15) is 6.17 Å². The summed E-state index contributed by atoms with van der Waals surface area (Å²) in [6, 6.07) is 4.10. The second-order valence-electron chi connectivity index (χ2n) is 6.41. The molecule has 116 valence electrons. The maximum absolute atomic E-state index is 12.4. The third-order valence-electron chi connectivity index (χ3n) is 4.46. The van der Waals surface area contributed by atoms with Gasteiger partial charge in [-0.25, -0.2) is 0 Å². The molecule has 0 radical (unpaired) electrons. The number of hydrogen-bond acceptors (Lipinski definition) is 4. The summed E-state index contributed by atoms with van der Waals surface area (Å²) in [6.07, 6.45) is 2.71. The summed E-state index contributed by atoms with van der Waals surface area (Å²) in [5, 5.41) is 5.51. The van der Waals surface area contributed by atoms with E-state index < -0.39 is 0 Å². The van der Waals surface area contributed by atoms with E-state index in [1.165, 1.54) is 30.8 Å². The third kappa shape index (κ3) is 3.30. The Kier molecular flexibility index (Phi) is 4.62. The normalized spacial score (nSPS) is 28.5. The van der Waals surface area contributed by atoms with Gasteiger partial charge in [-0.2, -0.15) is 0 Å². The van der Waals surface area contributed by atoms with Crippen LogP contribution in [-0.2, 0) is 4.79 Å². The zero-order chi connectivity index (χ0) is 14.8. The topological polar surface area (TPSA) is 35.6 Å². The molecule has 0 aliphatic carbocycles. The lowest BCUT2D eigenvalue weighted by atomic mass is 10.1. The average Bonchev–Trinajstić information content (AvgIpc) is 3.17. The van der Waals surface area contributed by atoms with E-state index in [0.717, 1.165) is 13.1 Å². The van der Waals surface area contributed by atoms with Crippen molar-refractivity contribution < 1.29 is 4.79 Å². The number of carbonyl (C=O) groups excluding carboxylic acids is 1. The zero-order valence-electron chi connectivity index (χ0n) is 12.9. The van der Waals surface area contributed by atoms with Crippen molar-refractivity contribution >= 4 is 17.2 Å². The number of nitrogens with one attached hydrogen (secondary N) is 1. The molecule has 0 saturated carbocycles. The molecule has 0 bridgehead atoms. The van der Waals surface area contributed by atoms with Gasteiger partial charge in [-0.05, 0) is 50.2 Å². The van der Waals surface area contributed by atoms with Crippen LogP contribution in [0.5, 0.6) is 0 Å². The van der Waals surface area contributed by atoms with E-state index in [1.807, 2.05) is 11.8 Å². The first-order valence-electron chi connectivity index (χ1n) is 7.97. The van der Waals surface area contributed by atoms with Gasteiger partial charge >= 0.3 is 0 Å². The number of hydrogen-bond donors (Lipinski definition) is 1. The summed E-state index contributed by atoms with van der Waals surface area (Å²) in [7, 11) is 0. The Morgan fingerprint density at radius 2 is 2.14 bits per heavy atom. The van der Waals surface area contributed by atoms with Gasteiger partial charge in [0.15, 0.2) is 0 Å². The lowest BCUT2D eigenvalue weighted by Gasteiger charge is -2.28. The number of nitrogens with zero attached hydrogens (tertiary/aromatic N) is 2. The Morgan fingerprint density at radius 1 is 1.38 bits per heavy atom. The molecule has 0 aromatic carbocycles. The summed E-state index contributed by atoms with van der Waals surface area (Å²) in [5.41, 5.74) is 0. The quantitative estimate of drug-likeness (QED) is 0.906. The SMILES string of the molecule is CC(CN1CCCC1)CN1C(=O)C(C)NC1c1cccs1. The molecular weight excluding hydrogens is 282 g/mol. The number of likely N-dealkylation sites (tertiary alicyclic amines) is 1. The minimum Gasteiger partial charge on any atom is -0.320 e. The first-order valence-corrected chi connectivity index (χ1v) is 8.85. The van der Waals surface area contributed by atoms with E-state index in [1.54, 1.807) is 11.3 Å². The first-order chi connectivity index (χ1) is 10.1. The molecule has 4 nitrogen and oxygen atoms in total. The van der Waals surface area contributed by atoms with Crippen molar-refractivity contribution in [1.29, 1.82) is 0 Å². The van der Waals surface area contributed by atoms with Gasteiger partial charge in [0, 0.05) is 18.0 Å². The molecule has 1 N–H and O–H groups in total. The van der Waals surface area contributed by atoms with Gasteiger partial charge in [0.05, 0.1) is 6.04 Å². The molecule has 3 atom stereocenters. The highest BCUT2D eigenvalue weighted by Crippen LogP contribution is 2.29. The minimum atomic E-state index is -0.0731. The molecule has 1 aromatic rings. The van der Waals surface area contributed by atoms with E-state index in [-0.39, 0.29) is 18.1 Å². The van der Waals surface area contributed by atoms with Crippen LogP contribution in [0, 0.1) is 5.92 Å². The van der Waals surface area contributed by atoms with Crippen LogP contribution in [0.3, 0.4) is 0 Å². The molecule has 2 aliphatic rings. The van der Waals surface area contributed by atoms with Crippen LogP contribution < -0.4 is 5.32 Å². The number of amides is 1. The van der Waals surface area contributed by atoms with Crippen LogP contribution in [0.15, 0.2) is 17.5 Å². The number of thiophene rings is 1. The largest absolute Gasteiger partial charge is 0.320 e. The summed E-state index contributed by atoms with van der Waals surface area (Å²) in [5.74, 6) is 0.753. The lowest BCUT2D eigenvalue weighted by molar-refractivity contribution is -0.130. The fourth-order valence-corrected chi connectivity index (χ4v) is 4.25. The molecule has 3 unspecified atom stereocenters. The molecule has 3 rings (SSSR count). The molecule has 3 heterocycles. The molecule has 1 aromatic heterocycles. The second kappa shape index (κ2) is 6.46. The van der Waals surface area contributed by atoms with E-state index in [0.29, 0.717) is 5.92 Å². The van der Waals surface area contributed by atoms with Crippen molar-refractivity contribution in [3.8, 4) is 0 Å². The summed E-state index contributed by atoms with van der Waals surface area (Å²) < 4.78 is 0. The standard InChI is InChI=1S/C16H25N3OS/c1-12(10-18-7-3-4-8-18)11-19-15(14-6-5-9-21-14)17-13(2)16(19)20/h5-6,9,12-13,15,17H,3-4,7-8,10-11H2,1-2H3. The Morgan fingerprint density at radius 3 is 2.81 bits per heavy atom. The molecule has 1 amide bonds. The zero-order valence-corrected chi connectivity index (χ0v) is 13.7. The molecular formula is C16H25N3OS. The predicted molar refractivity (Wildman–Crippen MR) is 86.2 cm³/mol. The molecule has 5 heteroatoms. The number of rotatable bonds is 5. The van der Waals surface area contributed by atoms with Crippen LogP contribution in [0.1, 0.15) is 37.7 Å². The van der Waals surface area contributed by atoms with Crippen LogP contribution in [0.4, 0.5) is 0 Å². The Hall–Kier alpha value is -0.910. The molecule has 0 spiro atoms. The predicted octanol–water partition coefficient (Wildman–Crippen LogP) is 2.30. The van der Waals surface area contributed by atoms with Crippen molar-refractivity contribution in [2.75, 3.05) is 26.2 Å². The van der Waals surface area contributed by atoms with Gasteiger partial charge in [-0.1, -0.05) is 13.0 Å². The van der Waals surface area contributed by atoms with Crippen molar-refractivity contribution in [3.63, 3.8) is 0 Å². The van der Waals surface area contributed by atoms with E-state index in [9.17, 15) is 4.79 Å². The summed E-state index contributed by atoms with van der Waals surface area (Å²) in [4.78, 5) is 18.2. The first kappa shape index (κ1) is 15.0. The van der Waals surface area contributed by atoms with Crippen LogP contribution >= 0.6 is 11.3 Å². The van der Waals surface area contributed by atoms with Crippen molar-refractivity contribution in [2.24, 2.45) is 5.92 Å². The lowest BCUT2D eigenvalue weighted by Crippen LogP contribution is -2.38. The van der Waals surface area contributed by atoms with Gasteiger partial charge in [0.25, 0.3) is 0 Å². The van der Waals surface area contributed by atoms with E-state index in [4.69, 9.17) is 0 Å². The summed E-state index contributed by atoms with van der Waals surface area (Å²) in [6.45, 7) is 8.63. The second-order valence-corrected chi connectivity index (χ2v) is 7.39. The van der Waals surface area contributed by atoms with Gasteiger partial charge in [-0.15, -0.1) is 11.3 Å². The minimum absolute atomic E-state index is 0.0635. The van der Waals surface area contributed by atoms with E-state index in [2.05, 4.69) is 34.7 Å². The number of carbonyl (C=O) groups is 1. The smallest absolute Gasteiger partial charge is 0.241 e. The molecule has 2 aliphatic heterocycles. The van der Waals surface area contributed by atoms with Gasteiger partial charge < -0.3 is 9.80 Å². The maximum atomic E-state index is 12.4. The van der Waals surface area contributed by atoms with Crippen LogP contribution in [0.25, 0.3) is 0 Å². The fraction of sp³-hybridized carbons (Fsp3) is 0.688. The van der Waals surface area contributed by atoms with Crippen LogP contribution in [-0.4, -0.2) is 47.9 Å². The van der Waals surface area contributed by atoms with Gasteiger partial charge in [-0.3, -0.25) is 10.1 Å². The highest BCUT2D eigenvalue weighted by Gasteiger charge is 2.38. The molecule has 21 heavy (non-hydrogen) atoms. The van der Waals surface area contributed by atoms with E-state index >= 15 is 0 Å². The van der Waals surface area contributed by atoms with Crippen molar-refractivity contribution in [3.05, 3.63) is 22.4 Å². The van der Waals surface area contributed by atoms with Gasteiger partial charge in [0.2, 0.25) is 5.91 Å². The summed E-state index contributed by atoms with van der Waals surface area (Å²) >= 11 is 1.72. The molecule has 2 saturated heterocycles. The Bertz CT molecular complexity index is 470. The van der Waals surface area contributed by atoms with Crippen molar-refractivity contribution in [1.82, 2.24) is 15.1 Å². The highest BCUT2D eigenvalue weighted by atomic mass is 32.1. The van der Waals surface area contributed by atoms with Crippen molar-refractivity contribution in [2.45, 2.75) is 38.9 Å². The Balaban J connectivity index is 1.64. The Labute approximate surface area is 131 Å². The van der Waals surface area contributed by atoms with Crippen LogP contribution in [0.2, 0.25) is 0 Å². The fourth-order valence-electron chi connectivity index (χ4n) is 3.45. The molecule has 2 fully saturated rings. The monoisotopic (exact) mass is 307 g/mol.